The third-order valence-electron chi connectivity index (χ3n) is 5.72. The van der Waals surface area contributed by atoms with E-state index in [0.29, 0.717) is 17.2 Å². The summed E-state index contributed by atoms with van der Waals surface area (Å²) < 4.78 is 0. The van der Waals surface area contributed by atoms with Gasteiger partial charge in [-0.05, 0) is 36.1 Å². The second-order valence-corrected chi connectivity index (χ2v) is 8.19. The lowest BCUT2D eigenvalue weighted by Gasteiger charge is -2.25. The van der Waals surface area contributed by atoms with E-state index in [2.05, 4.69) is 13.8 Å². The molecule has 0 radical (unpaired) electrons. The molecule has 4 heteroatoms. The van der Waals surface area contributed by atoms with Crippen LogP contribution in [0.1, 0.15) is 48.1 Å². The quantitative estimate of drug-likeness (QED) is 0.338. The maximum absolute atomic E-state index is 13.1. The molecular formula is C27H25NO3. The van der Waals surface area contributed by atoms with Crippen molar-refractivity contribution in [3.63, 3.8) is 0 Å². The van der Waals surface area contributed by atoms with Crippen molar-refractivity contribution < 1.29 is 14.7 Å². The molecule has 0 saturated carbocycles. The van der Waals surface area contributed by atoms with Crippen LogP contribution in [0.3, 0.4) is 0 Å². The zero-order valence-corrected chi connectivity index (χ0v) is 17.9. The molecule has 1 amide bonds. The van der Waals surface area contributed by atoms with Crippen LogP contribution in [0, 0.1) is 6.92 Å². The Bertz CT molecular complexity index is 1140. The van der Waals surface area contributed by atoms with Gasteiger partial charge in [0.1, 0.15) is 5.76 Å². The number of amides is 1. The van der Waals surface area contributed by atoms with Crippen LogP contribution in [0.25, 0.3) is 5.76 Å². The summed E-state index contributed by atoms with van der Waals surface area (Å²) in [6, 6.07) is 23.6. The van der Waals surface area contributed by atoms with Crippen LogP contribution in [0.4, 0.5) is 5.69 Å². The van der Waals surface area contributed by atoms with Crippen LogP contribution in [-0.4, -0.2) is 16.8 Å². The maximum Gasteiger partial charge on any atom is 0.300 e. The normalized spacial score (nSPS) is 18.1. The van der Waals surface area contributed by atoms with E-state index in [1.165, 1.54) is 4.90 Å². The van der Waals surface area contributed by atoms with E-state index in [4.69, 9.17) is 0 Å². The van der Waals surface area contributed by atoms with Crippen molar-refractivity contribution in [1.82, 2.24) is 0 Å². The lowest BCUT2D eigenvalue weighted by Crippen LogP contribution is -2.29. The second kappa shape index (κ2) is 8.23. The minimum Gasteiger partial charge on any atom is -0.507 e. The number of aliphatic hydroxyl groups excluding tert-OH is 1. The Morgan fingerprint density at radius 3 is 2.06 bits per heavy atom. The molecule has 1 aliphatic rings. The number of benzene rings is 3. The van der Waals surface area contributed by atoms with Gasteiger partial charge in [0.2, 0.25) is 0 Å². The molecule has 3 aromatic carbocycles. The van der Waals surface area contributed by atoms with Gasteiger partial charge in [-0.2, -0.15) is 0 Å². The minimum absolute atomic E-state index is 0.105. The molecule has 1 saturated heterocycles. The van der Waals surface area contributed by atoms with Crippen LogP contribution in [0.2, 0.25) is 0 Å². The fraction of sp³-hybridized carbons (Fsp3) is 0.185. The molecule has 0 bridgehead atoms. The first-order valence-corrected chi connectivity index (χ1v) is 10.4. The number of aliphatic hydroxyl groups is 1. The highest BCUT2D eigenvalue weighted by molar-refractivity contribution is 6.51. The molecule has 1 fully saturated rings. The van der Waals surface area contributed by atoms with E-state index in [-0.39, 0.29) is 11.3 Å². The summed E-state index contributed by atoms with van der Waals surface area (Å²) in [6.07, 6.45) is 0. The van der Waals surface area contributed by atoms with Crippen LogP contribution >= 0.6 is 0 Å². The fourth-order valence-electron chi connectivity index (χ4n) is 3.94. The van der Waals surface area contributed by atoms with Crippen molar-refractivity contribution in [3.05, 3.63) is 107 Å². The first kappa shape index (κ1) is 20.6. The number of carbonyl (C=O) groups excluding carboxylic acids is 2. The van der Waals surface area contributed by atoms with Gasteiger partial charge in [-0.15, -0.1) is 0 Å². The Kier molecular flexibility index (Phi) is 5.47. The lowest BCUT2D eigenvalue weighted by molar-refractivity contribution is -0.132. The predicted octanol–water partition coefficient (Wildman–Crippen LogP) is 5.74. The topological polar surface area (TPSA) is 57.6 Å². The first-order chi connectivity index (χ1) is 14.9. The van der Waals surface area contributed by atoms with Gasteiger partial charge in [-0.3, -0.25) is 14.5 Å². The number of carbonyl (C=O) groups is 2. The van der Waals surface area contributed by atoms with Crippen molar-refractivity contribution in [2.75, 3.05) is 4.90 Å². The second-order valence-electron chi connectivity index (χ2n) is 8.19. The summed E-state index contributed by atoms with van der Waals surface area (Å²) in [7, 11) is 0. The van der Waals surface area contributed by atoms with Crippen molar-refractivity contribution in [3.8, 4) is 0 Å². The summed E-state index contributed by atoms with van der Waals surface area (Å²) in [5.74, 6) is -1.12. The molecule has 0 aliphatic carbocycles. The SMILES string of the molecule is Cc1ccc(/C(O)=C2\C(=O)C(=O)N(c3ccc(C(C)C)cc3)C2c2ccccc2)cc1. The van der Waals surface area contributed by atoms with Crippen LogP contribution in [0.15, 0.2) is 84.4 Å². The molecule has 4 nitrogen and oxygen atoms in total. The van der Waals surface area contributed by atoms with Gasteiger partial charge in [0.05, 0.1) is 11.6 Å². The maximum atomic E-state index is 13.1. The molecular weight excluding hydrogens is 386 g/mol. The van der Waals surface area contributed by atoms with Crippen LogP contribution in [0.5, 0.6) is 0 Å². The molecule has 1 aliphatic heterocycles. The van der Waals surface area contributed by atoms with Gasteiger partial charge in [-0.1, -0.05) is 86.1 Å². The molecule has 1 atom stereocenters. The van der Waals surface area contributed by atoms with Gasteiger partial charge >= 0.3 is 0 Å². The smallest absolute Gasteiger partial charge is 0.300 e. The molecule has 1 N–H and O–H groups in total. The summed E-state index contributed by atoms with van der Waals surface area (Å²) in [6.45, 7) is 6.16. The van der Waals surface area contributed by atoms with Gasteiger partial charge in [0.15, 0.2) is 0 Å². The van der Waals surface area contributed by atoms with Gasteiger partial charge < -0.3 is 5.11 Å². The monoisotopic (exact) mass is 411 g/mol. The fourth-order valence-corrected chi connectivity index (χ4v) is 3.94. The average molecular weight is 412 g/mol. The van der Waals surface area contributed by atoms with Crippen molar-refractivity contribution in [1.29, 1.82) is 0 Å². The zero-order valence-electron chi connectivity index (χ0n) is 17.9. The number of anilines is 1. The van der Waals surface area contributed by atoms with Crippen molar-refractivity contribution in [2.24, 2.45) is 0 Å². The number of hydrogen-bond acceptors (Lipinski definition) is 3. The van der Waals surface area contributed by atoms with Gasteiger partial charge in [0.25, 0.3) is 11.7 Å². The molecule has 3 aromatic rings. The Morgan fingerprint density at radius 1 is 0.871 bits per heavy atom. The van der Waals surface area contributed by atoms with E-state index in [9.17, 15) is 14.7 Å². The van der Waals surface area contributed by atoms with Crippen LogP contribution in [-0.2, 0) is 9.59 Å². The minimum atomic E-state index is -0.701. The van der Waals surface area contributed by atoms with Crippen LogP contribution < -0.4 is 4.90 Å². The van der Waals surface area contributed by atoms with E-state index >= 15 is 0 Å². The average Bonchev–Trinajstić information content (AvgIpc) is 3.05. The molecule has 0 spiro atoms. The van der Waals surface area contributed by atoms with E-state index < -0.39 is 17.7 Å². The molecule has 4 rings (SSSR count). The standard InChI is InChI=1S/C27H25NO3/c1-17(2)19-13-15-22(16-14-19)28-24(20-7-5-4-6-8-20)23(26(30)27(28)31)25(29)21-11-9-18(3)10-12-21/h4-17,24,29H,1-3H3/b25-23+. The number of rotatable bonds is 4. The summed E-state index contributed by atoms with van der Waals surface area (Å²) in [5, 5.41) is 11.1. The first-order valence-electron chi connectivity index (χ1n) is 10.4. The molecule has 31 heavy (non-hydrogen) atoms. The van der Waals surface area contributed by atoms with E-state index in [1.54, 1.807) is 12.1 Å². The number of Topliss-reactive ketones (excluding diaryl/α,β-unsaturated/α-hetero) is 1. The number of nitrogens with zero attached hydrogens (tertiary/aromatic N) is 1. The highest BCUT2D eigenvalue weighted by Crippen LogP contribution is 2.42. The highest BCUT2D eigenvalue weighted by atomic mass is 16.3. The largest absolute Gasteiger partial charge is 0.507 e. The molecule has 1 heterocycles. The Hall–Kier alpha value is -3.66. The Balaban J connectivity index is 1.89. The highest BCUT2D eigenvalue weighted by Gasteiger charge is 2.46. The van der Waals surface area contributed by atoms with Gasteiger partial charge in [0, 0.05) is 11.3 Å². The third kappa shape index (κ3) is 3.77. The number of hydrogen-bond donors (Lipinski definition) is 1. The molecule has 0 aromatic heterocycles. The molecule has 156 valence electrons. The molecule has 1 unspecified atom stereocenters. The van der Waals surface area contributed by atoms with E-state index in [0.717, 1.165) is 16.7 Å². The lowest BCUT2D eigenvalue weighted by atomic mass is 9.95. The Morgan fingerprint density at radius 2 is 1.48 bits per heavy atom. The zero-order chi connectivity index (χ0) is 22.1. The third-order valence-corrected chi connectivity index (χ3v) is 5.72. The van der Waals surface area contributed by atoms with E-state index in [1.807, 2.05) is 73.7 Å². The Labute approximate surface area is 182 Å². The van der Waals surface area contributed by atoms with Crippen molar-refractivity contribution in [2.45, 2.75) is 32.7 Å². The number of ketones is 1. The predicted molar refractivity (Wildman–Crippen MR) is 123 cm³/mol. The summed E-state index contributed by atoms with van der Waals surface area (Å²) >= 11 is 0. The number of aryl methyl sites for hydroxylation is 1. The van der Waals surface area contributed by atoms with Crippen molar-refractivity contribution >= 4 is 23.1 Å². The summed E-state index contributed by atoms with van der Waals surface area (Å²) in [5.41, 5.74) is 4.21. The summed E-state index contributed by atoms with van der Waals surface area (Å²) in [4.78, 5) is 27.7. The van der Waals surface area contributed by atoms with Gasteiger partial charge in [-0.25, -0.2) is 0 Å².